The molecule has 5 rings (SSSR count). The monoisotopic (exact) mass is 470 g/mol. The van der Waals surface area contributed by atoms with E-state index in [1.807, 2.05) is 42.5 Å². The van der Waals surface area contributed by atoms with Crippen molar-refractivity contribution in [1.29, 1.82) is 0 Å². The Morgan fingerprint density at radius 2 is 1.69 bits per heavy atom. The fourth-order valence-corrected chi connectivity index (χ4v) is 4.44. The third kappa shape index (κ3) is 5.30. The Labute approximate surface area is 205 Å². The molecule has 1 fully saturated rings. The van der Waals surface area contributed by atoms with Crippen LogP contribution in [-0.4, -0.2) is 46.8 Å². The maximum atomic E-state index is 13.6. The molecule has 1 aromatic heterocycles. The van der Waals surface area contributed by atoms with Crippen LogP contribution in [0.25, 0.3) is 10.9 Å². The number of rotatable bonds is 8. The molecule has 0 aliphatic carbocycles. The lowest BCUT2D eigenvalue weighted by molar-refractivity contribution is 0.0942. The van der Waals surface area contributed by atoms with Crippen molar-refractivity contribution < 1.29 is 14.3 Å². The molecule has 4 aromatic rings. The second-order valence-corrected chi connectivity index (χ2v) is 8.82. The van der Waals surface area contributed by atoms with Crippen molar-refractivity contribution in [2.24, 2.45) is 0 Å². The maximum Gasteiger partial charge on any atom is 0.282 e. The number of nitrogen functional groups attached to an aromatic ring is 1. The number of para-hydroxylation sites is 1. The Kier molecular flexibility index (Phi) is 6.95. The van der Waals surface area contributed by atoms with Gasteiger partial charge in [0.25, 0.3) is 5.91 Å². The van der Waals surface area contributed by atoms with Crippen LogP contribution in [0, 0.1) is 0 Å². The molecule has 0 saturated carbocycles. The van der Waals surface area contributed by atoms with Gasteiger partial charge in [0.05, 0.1) is 16.5 Å². The van der Waals surface area contributed by atoms with Gasteiger partial charge in [-0.1, -0.05) is 48.9 Å². The normalized spacial score (nSPS) is 14.2. The number of benzene rings is 3. The van der Waals surface area contributed by atoms with E-state index in [9.17, 15) is 4.79 Å². The summed E-state index contributed by atoms with van der Waals surface area (Å²) in [6, 6.07) is 22.5. The standard InChI is InChI=1S/C28H30N4O3/c29-22-13-14-25-24(19-22)27(34-18-17-31-15-7-2-8-16-31)30-32(25)28(33)23-11-5-6-12-26(23)35-20-21-9-3-1-4-10-21/h1,3-6,9-14,19H,2,7-8,15-18,20,29H2. The lowest BCUT2D eigenvalue weighted by Crippen LogP contribution is -2.33. The highest BCUT2D eigenvalue weighted by Crippen LogP contribution is 2.29. The third-order valence-corrected chi connectivity index (χ3v) is 6.31. The fourth-order valence-electron chi connectivity index (χ4n) is 4.44. The summed E-state index contributed by atoms with van der Waals surface area (Å²) in [5.41, 5.74) is 8.75. The van der Waals surface area contributed by atoms with Crippen LogP contribution in [0.2, 0.25) is 0 Å². The first-order valence-corrected chi connectivity index (χ1v) is 12.1. The van der Waals surface area contributed by atoms with Gasteiger partial charge in [-0.25, -0.2) is 0 Å². The minimum atomic E-state index is -0.283. The van der Waals surface area contributed by atoms with Crippen molar-refractivity contribution in [3.63, 3.8) is 0 Å². The second-order valence-electron chi connectivity index (χ2n) is 8.82. The van der Waals surface area contributed by atoms with E-state index < -0.39 is 0 Å². The summed E-state index contributed by atoms with van der Waals surface area (Å²) in [5, 5.41) is 5.29. The Bertz CT molecular complexity index is 1300. The van der Waals surface area contributed by atoms with E-state index in [1.54, 1.807) is 30.3 Å². The summed E-state index contributed by atoms with van der Waals surface area (Å²) in [7, 11) is 0. The first kappa shape index (κ1) is 22.9. The van der Waals surface area contributed by atoms with Gasteiger partial charge in [-0.05, 0) is 61.8 Å². The molecule has 1 saturated heterocycles. The van der Waals surface area contributed by atoms with Crippen LogP contribution >= 0.6 is 0 Å². The van der Waals surface area contributed by atoms with Gasteiger partial charge in [0.2, 0.25) is 5.88 Å². The third-order valence-electron chi connectivity index (χ3n) is 6.31. The molecular weight excluding hydrogens is 440 g/mol. The van der Waals surface area contributed by atoms with Crippen molar-refractivity contribution in [2.75, 3.05) is 32.0 Å². The molecule has 0 atom stereocenters. The van der Waals surface area contributed by atoms with E-state index in [2.05, 4.69) is 10.00 Å². The molecule has 2 heterocycles. The van der Waals surface area contributed by atoms with Gasteiger partial charge in [-0.2, -0.15) is 4.68 Å². The van der Waals surface area contributed by atoms with Gasteiger partial charge in [-0.15, -0.1) is 5.10 Å². The zero-order valence-electron chi connectivity index (χ0n) is 19.7. The summed E-state index contributed by atoms with van der Waals surface area (Å²) in [5.74, 6) is 0.641. The summed E-state index contributed by atoms with van der Waals surface area (Å²) < 4.78 is 13.5. The molecular formula is C28H30N4O3. The molecule has 7 nitrogen and oxygen atoms in total. The van der Waals surface area contributed by atoms with Gasteiger partial charge in [0, 0.05) is 12.2 Å². The first-order chi connectivity index (χ1) is 17.2. The van der Waals surface area contributed by atoms with Gasteiger partial charge in [0.15, 0.2) is 0 Å². The van der Waals surface area contributed by atoms with Crippen molar-refractivity contribution in [2.45, 2.75) is 25.9 Å². The van der Waals surface area contributed by atoms with Crippen LogP contribution in [0.4, 0.5) is 5.69 Å². The number of hydrogen-bond acceptors (Lipinski definition) is 6. The molecule has 0 spiro atoms. The van der Waals surface area contributed by atoms with Gasteiger partial charge >= 0.3 is 0 Å². The van der Waals surface area contributed by atoms with E-state index in [1.165, 1.54) is 23.9 Å². The number of piperidine rings is 1. The highest BCUT2D eigenvalue weighted by atomic mass is 16.5. The molecule has 1 aliphatic rings. The summed E-state index contributed by atoms with van der Waals surface area (Å²) in [6.45, 7) is 3.91. The average molecular weight is 471 g/mol. The van der Waals surface area contributed by atoms with Gasteiger partial charge in [0.1, 0.15) is 19.0 Å². The number of nitrogens with two attached hydrogens (primary N) is 1. The molecule has 3 aromatic carbocycles. The minimum absolute atomic E-state index is 0.283. The number of hydrogen-bond donors (Lipinski definition) is 1. The Morgan fingerprint density at radius 1 is 0.914 bits per heavy atom. The molecule has 0 radical (unpaired) electrons. The van der Waals surface area contributed by atoms with Crippen molar-refractivity contribution in [3.05, 3.63) is 83.9 Å². The average Bonchev–Trinajstić information content (AvgIpc) is 3.26. The summed E-state index contributed by atoms with van der Waals surface area (Å²) in [6.07, 6.45) is 3.76. The van der Waals surface area contributed by atoms with Crippen LogP contribution in [0.5, 0.6) is 11.6 Å². The highest BCUT2D eigenvalue weighted by Gasteiger charge is 2.21. The maximum absolute atomic E-state index is 13.6. The van der Waals surface area contributed by atoms with Crippen LogP contribution in [0.3, 0.4) is 0 Å². The smallest absolute Gasteiger partial charge is 0.282 e. The number of anilines is 1. The van der Waals surface area contributed by atoms with E-state index >= 15 is 0 Å². The van der Waals surface area contributed by atoms with Crippen molar-refractivity contribution >= 4 is 22.5 Å². The molecule has 1 aliphatic heterocycles. The molecule has 7 heteroatoms. The van der Waals surface area contributed by atoms with E-state index in [-0.39, 0.29) is 5.91 Å². The zero-order valence-corrected chi connectivity index (χ0v) is 19.7. The Morgan fingerprint density at radius 3 is 2.51 bits per heavy atom. The van der Waals surface area contributed by atoms with Gasteiger partial charge < -0.3 is 15.2 Å². The predicted octanol–water partition coefficient (Wildman–Crippen LogP) is 4.75. The molecule has 0 unspecified atom stereocenters. The highest BCUT2D eigenvalue weighted by molar-refractivity contribution is 6.04. The minimum Gasteiger partial charge on any atom is -0.488 e. The number of ether oxygens (including phenoxy) is 2. The van der Waals surface area contributed by atoms with E-state index in [0.29, 0.717) is 41.6 Å². The molecule has 2 N–H and O–H groups in total. The summed E-state index contributed by atoms with van der Waals surface area (Å²) in [4.78, 5) is 16.0. The van der Waals surface area contributed by atoms with E-state index in [4.69, 9.17) is 15.2 Å². The van der Waals surface area contributed by atoms with Gasteiger partial charge in [-0.3, -0.25) is 9.69 Å². The van der Waals surface area contributed by atoms with Crippen LogP contribution in [-0.2, 0) is 6.61 Å². The molecule has 0 amide bonds. The fraction of sp³-hybridized carbons (Fsp3) is 0.286. The molecule has 35 heavy (non-hydrogen) atoms. The SMILES string of the molecule is Nc1ccc2c(c1)c(OCCN1CCCCC1)nn2C(=O)c1ccccc1OCc1ccccc1. The number of carbonyl (C=O) groups excluding carboxylic acids is 1. The second kappa shape index (κ2) is 10.6. The number of likely N-dealkylation sites (tertiary alicyclic amines) is 1. The molecule has 180 valence electrons. The number of nitrogens with zero attached hydrogens (tertiary/aromatic N) is 3. The first-order valence-electron chi connectivity index (χ1n) is 12.1. The van der Waals surface area contributed by atoms with E-state index in [0.717, 1.165) is 30.6 Å². The Hall–Kier alpha value is -3.84. The topological polar surface area (TPSA) is 82.6 Å². The zero-order chi connectivity index (χ0) is 24.0. The lowest BCUT2D eigenvalue weighted by atomic mass is 10.1. The number of aromatic nitrogens is 2. The predicted molar refractivity (Wildman–Crippen MR) is 137 cm³/mol. The number of carbonyl (C=O) groups is 1. The number of fused-ring (bicyclic) bond motifs is 1. The van der Waals surface area contributed by atoms with Crippen molar-refractivity contribution in [1.82, 2.24) is 14.7 Å². The Balaban J connectivity index is 1.39. The van der Waals surface area contributed by atoms with Crippen LogP contribution in [0.1, 0.15) is 35.2 Å². The lowest BCUT2D eigenvalue weighted by Gasteiger charge is -2.25. The molecule has 0 bridgehead atoms. The quantitative estimate of drug-likeness (QED) is 0.374. The van der Waals surface area contributed by atoms with Crippen LogP contribution in [0.15, 0.2) is 72.8 Å². The van der Waals surface area contributed by atoms with Crippen LogP contribution < -0.4 is 15.2 Å². The largest absolute Gasteiger partial charge is 0.488 e. The summed E-state index contributed by atoms with van der Waals surface area (Å²) >= 11 is 0. The van der Waals surface area contributed by atoms with Crippen molar-refractivity contribution in [3.8, 4) is 11.6 Å².